The maximum Gasteiger partial charge on any atom is 0.241 e. The summed E-state index contributed by atoms with van der Waals surface area (Å²) in [6.07, 6.45) is 13.7. The quantitative estimate of drug-likeness (QED) is 0.123. The van der Waals surface area contributed by atoms with E-state index < -0.39 is 0 Å². The molecule has 1 aliphatic heterocycles. The van der Waals surface area contributed by atoms with Gasteiger partial charge in [0.1, 0.15) is 6.61 Å². The van der Waals surface area contributed by atoms with E-state index in [9.17, 15) is 9.18 Å². The lowest BCUT2D eigenvalue weighted by atomic mass is 10.2. The number of carbonyl (C=O) groups is 1. The molecule has 1 amide bonds. The summed E-state index contributed by atoms with van der Waals surface area (Å²) in [7, 11) is 0. The lowest BCUT2D eigenvalue weighted by molar-refractivity contribution is -0.121. The number of ether oxygens (including phenoxy) is 2. The van der Waals surface area contributed by atoms with E-state index in [1.807, 2.05) is 134 Å². The Balaban J connectivity index is 0.00000304. The fourth-order valence-electron chi connectivity index (χ4n) is 4.88. The standard InChI is InChI=1S/C36H39FN4O3.4C2H6/c1-5-13-30(21-28(4)37)23-40-27-38-22-31(40)24-39-19-20-41(36(42)25-39)32-17-11-12-18-34(32)44-33(7-3)35(14-6-2)43-26-29-15-9-8-10-16-29;4*1-2/h5-18,21-22,27H,1,3,19-20,23-26H2,2,4H3;4*1-2H3/b14-6-,28-21+,30-13+,35-33-;;;;. The summed E-state index contributed by atoms with van der Waals surface area (Å²) in [6.45, 7) is 29.7. The molecule has 0 N–H and O–H groups in total. The van der Waals surface area contributed by atoms with Crippen molar-refractivity contribution in [1.82, 2.24) is 14.5 Å². The van der Waals surface area contributed by atoms with Crippen LogP contribution in [0, 0.1) is 0 Å². The molecule has 0 spiro atoms. The van der Waals surface area contributed by atoms with Crippen LogP contribution >= 0.6 is 0 Å². The second kappa shape index (κ2) is 28.7. The first-order chi connectivity index (χ1) is 25.4. The van der Waals surface area contributed by atoms with E-state index in [1.54, 1.807) is 35.7 Å². The summed E-state index contributed by atoms with van der Waals surface area (Å²) in [6, 6.07) is 17.4. The van der Waals surface area contributed by atoms with Crippen LogP contribution in [0.5, 0.6) is 5.75 Å². The van der Waals surface area contributed by atoms with E-state index in [1.165, 1.54) is 13.0 Å². The van der Waals surface area contributed by atoms with Crippen molar-refractivity contribution in [2.45, 2.75) is 88.9 Å². The Morgan fingerprint density at radius 2 is 1.58 bits per heavy atom. The minimum Gasteiger partial charge on any atom is -0.485 e. The number of rotatable bonds is 14. The molecule has 2 heterocycles. The van der Waals surface area contributed by atoms with E-state index in [0.717, 1.165) is 16.8 Å². The lowest BCUT2D eigenvalue weighted by Crippen LogP contribution is -2.50. The number of hydrogen-bond acceptors (Lipinski definition) is 5. The molecule has 1 saturated heterocycles. The van der Waals surface area contributed by atoms with E-state index in [4.69, 9.17) is 9.47 Å². The zero-order chi connectivity index (χ0) is 39.3. The van der Waals surface area contributed by atoms with Crippen molar-refractivity contribution >= 4 is 11.6 Å². The van der Waals surface area contributed by atoms with Gasteiger partial charge in [0, 0.05) is 32.4 Å². The third kappa shape index (κ3) is 15.9. The maximum atomic E-state index is 13.6. The molecule has 1 fully saturated rings. The summed E-state index contributed by atoms with van der Waals surface area (Å²) in [5.74, 6) is 1.20. The van der Waals surface area contributed by atoms with Crippen LogP contribution < -0.4 is 9.64 Å². The van der Waals surface area contributed by atoms with E-state index in [-0.39, 0.29) is 18.3 Å². The third-order valence-electron chi connectivity index (χ3n) is 6.91. The topological polar surface area (TPSA) is 59.8 Å². The summed E-state index contributed by atoms with van der Waals surface area (Å²) < 4.78 is 28.0. The molecular formula is C44H63FN4O3. The normalized spacial score (nSPS) is 13.4. The molecule has 52 heavy (non-hydrogen) atoms. The molecule has 284 valence electrons. The molecule has 0 saturated carbocycles. The van der Waals surface area contributed by atoms with Crippen molar-refractivity contribution in [2.24, 2.45) is 0 Å². The summed E-state index contributed by atoms with van der Waals surface area (Å²) in [4.78, 5) is 21.6. The number of para-hydroxylation sites is 2. The largest absolute Gasteiger partial charge is 0.485 e. The average molecular weight is 715 g/mol. The molecule has 3 aromatic rings. The van der Waals surface area contributed by atoms with Crippen LogP contribution in [-0.4, -0.2) is 40.0 Å². The van der Waals surface area contributed by atoms with Crippen molar-refractivity contribution in [1.29, 1.82) is 0 Å². The zero-order valence-corrected chi connectivity index (χ0v) is 33.4. The first-order valence-electron chi connectivity index (χ1n) is 18.5. The molecule has 0 atom stereocenters. The molecule has 7 nitrogen and oxygen atoms in total. The van der Waals surface area contributed by atoms with Gasteiger partial charge >= 0.3 is 0 Å². The third-order valence-corrected chi connectivity index (χ3v) is 6.91. The monoisotopic (exact) mass is 714 g/mol. The molecule has 4 rings (SSSR count). The number of imidazole rings is 1. The fourth-order valence-corrected chi connectivity index (χ4v) is 4.88. The molecule has 0 radical (unpaired) electrons. The Kier molecular flexibility index (Phi) is 26.0. The molecule has 2 aromatic carbocycles. The van der Waals surface area contributed by atoms with Crippen LogP contribution in [0.15, 0.2) is 140 Å². The second-order valence-electron chi connectivity index (χ2n) is 10.3. The SMILES string of the molecule is C=C/C=C(\C=C(/C)F)Cn1cncc1CN1CCN(c2ccccc2O/C(C=C)=C(/C=C\C)OCc2ccccc2)C(=O)C1.CC.CC.CC.CC. The zero-order valence-electron chi connectivity index (χ0n) is 33.4. The van der Waals surface area contributed by atoms with Crippen molar-refractivity contribution in [2.75, 3.05) is 24.5 Å². The minimum atomic E-state index is -0.279. The molecule has 0 aliphatic carbocycles. The summed E-state index contributed by atoms with van der Waals surface area (Å²) >= 11 is 0. The van der Waals surface area contributed by atoms with E-state index >= 15 is 0 Å². The fraction of sp³-hybridized carbons (Fsp3) is 0.364. The number of hydrogen-bond donors (Lipinski definition) is 0. The number of piperazine rings is 1. The number of aromatic nitrogens is 2. The molecule has 0 bridgehead atoms. The number of halogens is 1. The van der Waals surface area contributed by atoms with Gasteiger partial charge in [0.2, 0.25) is 5.91 Å². The molecule has 1 aliphatic rings. The Labute approximate surface area is 314 Å². The van der Waals surface area contributed by atoms with Crippen molar-refractivity contribution < 1.29 is 18.7 Å². The number of amides is 1. The van der Waals surface area contributed by atoms with Gasteiger partial charge < -0.3 is 18.9 Å². The number of nitrogens with zero attached hydrogens (tertiary/aromatic N) is 4. The Morgan fingerprint density at radius 3 is 2.17 bits per heavy atom. The maximum absolute atomic E-state index is 13.6. The second-order valence-corrected chi connectivity index (χ2v) is 10.3. The Bertz CT molecular complexity index is 1570. The number of carbonyl (C=O) groups excluding carboxylic acids is 1. The summed E-state index contributed by atoms with van der Waals surface area (Å²) in [5, 5.41) is 0. The predicted molar refractivity (Wildman–Crippen MR) is 219 cm³/mol. The van der Waals surface area contributed by atoms with Crippen LogP contribution in [0.4, 0.5) is 10.1 Å². The van der Waals surface area contributed by atoms with Crippen molar-refractivity contribution in [3.8, 4) is 5.75 Å². The van der Waals surface area contributed by atoms with E-state index in [2.05, 4.69) is 23.0 Å². The summed E-state index contributed by atoms with van der Waals surface area (Å²) in [5.41, 5.74) is 3.41. The molecule has 1 aromatic heterocycles. The van der Waals surface area contributed by atoms with Gasteiger partial charge in [0.15, 0.2) is 17.3 Å². The van der Waals surface area contributed by atoms with Crippen LogP contribution in [-0.2, 0) is 29.2 Å². The van der Waals surface area contributed by atoms with E-state index in [0.29, 0.717) is 55.7 Å². The van der Waals surface area contributed by atoms with Gasteiger partial charge in [-0.05, 0) is 55.3 Å². The van der Waals surface area contributed by atoms with Crippen molar-refractivity contribution in [3.63, 3.8) is 0 Å². The van der Waals surface area contributed by atoms with Crippen LogP contribution in [0.1, 0.15) is 80.5 Å². The highest BCUT2D eigenvalue weighted by Gasteiger charge is 2.28. The molecule has 8 heteroatoms. The average Bonchev–Trinajstić information content (AvgIpc) is 3.62. The lowest BCUT2D eigenvalue weighted by Gasteiger charge is -2.35. The molecule has 0 unspecified atom stereocenters. The van der Waals surface area contributed by atoms with Crippen molar-refractivity contribution in [3.05, 3.63) is 151 Å². The van der Waals surface area contributed by atoms with Gasteiger partial charge in [-0.25, -0.2) is 9.37 Å². The van der Waals surface area contributed by atoms with Gasteiger partial charge in [-0.2, -0.15) is 0 Å². The number of allylic oxidation sites excluding steroid dienone is 8. The molecular weight excluding hydrogens is 652 g/mol. The van der Waals surface area contributed by atoms with Gasteiger partial charge in [0.05, 0.1) is 30.1 Å². The highest BCUT2D eigenvalue weighted by Crippen LogP contribution is 2.32. The van der Waals surface area contributed by atoms with Crippen LogP contribution in [0.3, 0.4) is 0 Å². The van der Waals surface area contributed by atoms with Gasteiger partial charge in [0.25, 0.3) is 0 Å². The first kappa shape index (κ1) is 47.0. The van der Waals surface area contributed by atoms with Gasteiger partial charge in [-0.1, -0.05) is 129 Å². The smallest absolute Gasteiger partial charge is 0.241 e. The van der Waals surface area contributed by atoms with Gasteiger partial charge in [-0.15, -0.1) is 0 Å². The Morgan fingerprint density at radius 1 is 0.923 bits per heavy atom. The highest BCUT2D eigenvalue weighted by molar-refractivity contribution is 5.97. The van der Waals surface area contributed by atoms with Crippen LogP contribution in [0.2, 0.25) is 0 Å². The first-order valence-corrected chi connectivity index (χ1v) is 18.5. The highest BCUT2D eigenvalue weighted by atomic mass is 19.1. The predicted octanol–water partition coefficient (Wildman–Crippen LogP) is 11.4. The Hall–Kier alpha value is -4.95. The number of benzene rings is 2. The van der Waals surface area contributed by atoms with Crippen LogP contribution in [0.25, 0.3) is 0 Å². The minimum absolute atomic E-state index is 0.0419. The van der Waals surface area contributed by atoms with Gasteiger partial charge in [-0.3, -0.25) is 9.69 Å². The number of anilines is 1.